The zero-order chi connectivity index (χ0) is 18.9. The average Bonchev–Trinajstić information content (AvgIpc) is 3.20. The maximum Gasteiger partial charge on any atom is 0.291 e. The largest absolute Gasteiger partial charge is 0.291 e. The molecule has 0 aliphatic carbocycles. The van der Waals surface area contributed by atoms with Gasteiger partial charge in [0.15, 0.2) is 5.69 Å². The van der Waals surface area contributed by atoms with E-state index in [9.17, 15) is 9.59 Å². The molecule has 27 heavy (non-hydrogen) atoms. The second-order valence-corrected chi connectivity index (χ2v) is 5.07. The van der Waals surface area contributed by atoms with Crippen molar-refractivity contribution in [1.82, 2.24) is 31.0 Å². The van der Waals surface area contributed by atoms with E-state index in [1.54, 1.807) is 48.8 Å². The van der Waals surface area contributed by atoms with Crippen LogP contribution in [0.3, 0.4) is 0 Å². The van der Waals surface area contributed by atoms with Crippen molar-refractivity contribution >= 4 is 24.2 Å². The number of aromatic amines is 1. The molecule has 0 aromatic carbocycles. The molecule has 3 N–H and O–H groups in total. The number of hydrogen-bond acceptors (Lipinski definition) is 7. The summed E-state index contributed by atoms with van der Waals surface area (Å²) in [6.45, 7) is 0. The van der Waals surface area contributed by atoms with E-state index in [0.717, 1.165) is 0 Å². The van der Waals surface area contributed by atoms with Gasteiger partial charge in [-0.15, -0.1) is 0 Å². The van der Waals surface area contributed by atoms with Crippen molar-refractivity contribution in [3.8, 4) is 0 Å². The van der Waals surface area contributed by atoms with E-state index in [-0.39, 0.29) is 11.4 Å². The highest BCUT2D eigenvalue weighted by Gasteiger charge is 2.14. The van der Waals surface area contributed by atoms with Crippen LogP contribution in [0.25, 0.3) is 0 Å². The number of H-pyrrole nitrogens is 1. The Morgan fingerprint density at radius 1 is 0.889 bits per heavy atom. The summed E-state index contributed by atoms with van der Waals surface area (Å²) >= 11 is 0. The van der Waals surface area contributed by atoms with Crippen LogP contribution in [0, 0.1) is 0 Å². The third kappa shape index (κ3) is 5.13. The average molecular weight is 362 g/mol. The Balaban J connectivity index is 1.54. The normalized spacial score (nSPS) is 11.0. The van der Waals surface area contributed by atoms with Crippen LogP contribution in [-0.2, 0) is 0 Å². The fourth-order valence-electron chi connectivity index (χ4n) is 1.89. The molecular formula is C17H14N8O2. The summed E-state index contributed by atoms with van der Waals surface area (Å²) in [7, 11) is 0. The lowest BCUT2D eigenvalue weighted by Crippen LogP contribution is -2.19. The number of nitrogens with zero attached hydrogens (tertiary/aromatic N) is 5. The van der Waals surface area contributed by atoms with E-state index in [1.165, 1.54) is 18.5 Å². The van der Waals surface area contributed by atoms with Gasteiger partial charge in [0.2, 0.25) is 0 Å². The minimum Gasteiger partial charge on any atom is -0.272 e. The Kier molecular flexibility index (Phi) is 5.71. The van der Waals surface area contributed by atoms with Gasteiger partial charge < -0.3 is 0 Å². The Hall–Kier alpha value is -4.21. The minimum absolute atomic E-state index is 0.00651. The number of amides is 2. The molecule has 0 atom stereocenters. The molecular weight excluding hydrogens is 348 g/mol. The van der Waals surface area contributed by atoms with Crippen LogP contribution in [0.15, 0.2) is 65.1 Å². The first-order valence-electron chi connectivity index (χ1n) is 7.76. The zero-order valence-corrected chi connectivity index (χ0v) is 13.9. The van der Waals surface area contributed by atoms with Crippen LogP contribution in [0.2, 0.25) is 0 Å². The highest BCUT2D eigenvalue weighted by Crippen LogP contribution is 2.00. The van der Waals surface area contributed by atoms with E-state index in [0.29, 0.717) is 11.4 Å². The SMILES string of the molecule is O=C(N/N=C/c1ccccn1)c1cc(C(=O)N/N=C/c2ccccn2)[nH]n1. The van der Waals surface area contributed by atoms with Gasteiger partial charge in [-0.25, -0.2) is 10.9 Å². The van der Waals surface area contributed by atoms with Crippen molar-refractivity contribution in [3.63, 3.8) is 0 Å². The number of hydrogen-bond donors (Lipinski definition) is 3. The van der Waals surface area contributed by atoms with Crippen LogP contribution < -0.4 is 10.9 Å². The summed E-state index contributed by atoms with van der Waals surface area (Å²) in [4.78, 5) is 32.0. The molecule has 0 spiro atoms. The molecule has 3 aromatic heterocycles. The highest BCUT2D eigenvalue weighted by atomic mass is 16.2. The van der Waals surface area contributed by atoms with E-state index < -0.39 is 11.8 Å². The van der Waals surface area contributed by atoms with Crippen LogP contribution in [-0.4, -0.2) is 44.4 Å². The van der Waals surface area contributed by atoms with Gasteiger partial charge in [-0.3, -0.25) is 24.7 Å². The number of pyridine rings is 2. The molecule has 0 saturated carbocycles. The molecule has 10 heteroatoms. The van der Waals surface area contributed by atoms with Gasteiger partial charge in [0.05, 0.1) is 23.8 Å². The Bertz CT molecular complexity index is 889. The minimum atomic E-state index is -0.575. The van der Waals surface area contributed by atoms with Gasteiger partial charge >= 0.3 is 0 Å². The maximum atomic E-state index is 12.0. The molecule has 10 nitrogen and oxygen atoms in total. The predicted molar refractivity (Wildman–Crippen MR) is 97.2 cm³/mol. The molecule has 0 aliphatic rings. The van der Waals surface area contributed by atoms with Gasteiger partial charge in [0.25, 0.3) is 11.8 Å². The van der Waals surface area contributed by atoms with E-state index in [1.807, 2.05) is 0 Å². The molecule has 2 amide bonds. The highest BCUT2D eigenvalue weighted by molar-refractivity contribution is 5.98. The lowest BCUT2D eigenvalue weighted by atomic mass is 10.3. The number of hydrazone groups is 2. The summed E-state index contributed by atoms with van der Waals surface area (Å²) in [5.41, 5.74) is 5.88. The van der Waals surface area contributed by atoms with Gasteiger partial charge in [0, 0.05) is 18.5 Å². The van der Waals surface area contributed by atoms with Crippen molar-refractivity contribution in [3.05, 3.63) is 77.6 Å². The van der Waals surface area contributed by atoms with Crippen LogP contribution >= 0.6 is 0 Å². The Morgan fingerprint density at radius 3 is 2.04 bits per heavy atom. The zero-order valence-electron chi connectivity index (χ0n) is 13.9. The fourth-order valence-corrected chi connectivity index (χ4v) is 1.89. The standard InChI is InChI=1S/C17H14N8O2/c26-16(24-20-10-12-5-1-3-7-18-12)14-9-15(23-22-14)17(27)25-21-11-13-6-2-4-8-19-13/h1-11H,(H,22,23)(H,24,26)(H,25,27)/b20-10+,21-11+. The van der Waals surface area contributed by atoms with Crippen molar-refractivity contribution in [2.24, 2.45) is 10.2 Å². The number of carbonyl (C=O) groups excluding carboxylic acids is 2. The van der Waals surface area contributed by atoms with Crippen molar-refractivity contribution in [2.75, 3.05) is 0 Å². The second kappa shape index (κ2) is 8.76. The predicted octanol–water partition coefficient (Wildman–Crippen LogP) is 0.727. The third-order valence-electron chi connectivity index (χ3n) is 3.16. The summed E-state index contributed by atoms with van der Waals surface area (Å²) in [6, 6.07) is 11.9. The fraction of sp³-hybridized carbons (Fsp3) is 0. The maximum absolute atomic E-state index is 12.0. The van der Waals surface area contributed by atoms with Gasteiger partial charge in [-0.1, -0.05) is 12.1 Å². The molecule has 3 heterocycles. The monoisotopic (exact) mass is 362 g/mol. The van der Waals surface area contributed by atoms with Gasteiger partial charge in [0.1, 0.15) is 5.69 Å². The second-order valence-electron chi connectivity index (χ2n) is 5.07. The molecule has 3 aromatic rings. The summed E-state index contributed by atoms with van der Waals surface area (Å²) in [5.74, 6) is -1.12. The molecule has 0 fully saturated rings. The van der Waals surface area contributed by atoms with Gasteiger partial charge in [-0.05, 0) is 24.3 Å². The van der Waals surface area contributed by atoms with Crippen LogP contribution in [0.1, 0.15) is 32.4 Å². The smallest absolute Gasteiger partial charge is 0.272 e. The lowest BCUT2D eigenvalue weighted by Gasteiger charge is -1.95. The molecule has 0 unspecified atom stereocenters. The number of rotatable bonds is 6. The van der Waals surface area contributed by atoms with Crippen LogP contribution in [0.4, 0.5) is 0 Å². The number of nitrogens with one attached hydrogen (secondary N) is 3. The first-order chi connectivity index (χ1) is 13.2. The Morgan fingerprint density at radius 2 is 1.48 bits per heavy atom. The quantitative estimate of drug-likeness (QED) is 0.438. The molecule has 3 rings (SSSR count). The van der Waals surface area contributed by atoms with E-state index >= 15 is 0 Å². The van der Waals surface area contributed by atoms with Gasteiger partial charge in [-0.2, -0.15) is 15.3 Å². The molecule has 0 bridgehead atoms. The van der Waals surface area contributed by atoms with E-state index in [4.69, 9.17) is 0 Å². The lowest BCUT2D eigenvalue weighted by molar-refractivity contribution is 0.0944. The first-order valence-corrected chi connectivity index (χ1v) is 7.76. The van der Waals surface area contributed by atoms with Crippen LogP contribution in [0.5, 0.6) is 0 Å². The Labute approximate surface area is 153 Å². The van der Waals surface area contributed by atoms with Crippen molar-refractivity contribution < 1.29 is 9.59 Å². The molecule has 0 radical (unpaired) electrons. The summed E-state index contributed by atoms with van der Waals surface area (Å²) in [5, 5.41) is 13.8. The summed E-state index contributed by atoms with van der Waals surface area (Å²) < 4.78 is 0. The van der Waals surface area contributed by atoms with E-state index in [2.05, 4.69) is 41.2 Å². The number of carbonyl (C=O) groups is 2. The number of aromatic nitrogens is 4. The third-order valence-corrected chi connectivity index (χ3v) is 3.16. The summed E-state index contributed by atoms with van der Waals surface area (Å²) in [6.07, 6.45) is 6.01. The molecule has 0 saturated heterocycles. The van der Waals surface area contributed by atoms with Crippen molar-refractivity contribution in [2.45, 2.75) is 0 Å². The molecule has 0 aliphatic heterocycles. The topological polar surface area (TPSA) is 137 Å². The van der Waals surface area contributed by atoms with Crippen molar-refractivity contribution in [1.29, 1.82) is 0 Å². The first kappa shape index (κ1) is 17.6. The molecule has 134 valence electrons.